The molecule has 0 atom stereocenters. The molecular weight excluding hydrogens is 154 g/mol. The number of nitrogens with zero attached hydrogens (tertiary/aromatic N) is 1. The Hall–Kier alpha value is -0.470. The molecule has 60 valence electrons. The van der Waals surface area contributed by atoms with Gasteiger partial charge in [0.25, 0.3) is 0 Å². The van der Waals surface area contributed by atoms with E-state index < -0.39 is 0 Å². The zero-order chi connectivity index (χ0) is 8.10. The van der Waals surface area contributed by atoms with Gasteiger partial charge in [-0.15, -0.1) is 0 Å². The van der Waals surface area contributed by atoms with Crippen molar-refractivity contribution in [2.75, 3.05) is 6.54 Å². The van der Waals surface area contributed by atoms with Crippen molar-refractivity contribution < 1.29 is 0 Å². The van der Waals surface area contributed by atoms with Gasteiger partial charge in [0, 0.05) is 13.1 Å². The second-order valence-corrected chi connectivity index (χ2v) is 3.03. The van der Waals surface area contributed by atoms with Gasteiger partial charge in [0.1, 0.15) is 0 Å². The topological polar surface area (TPSA) is 3.24 Å². The molecule has 1 nitrogen and oxygen atoms in total. The maximum absolute atomic E-state index is 4.27. The zero-order valence-electron chi connectivity index (χ0n) is 6.70. The van der Waals surface area contributed by atoms with Crippen molar-refractivity contribution >= 4 is 12.8 Å². The molecule has 0 aliphatic rings. The van der Waals surface area contributed by atoms with Crippen LogP contribution >= 0.6 is 12.8 Å². The maximum atomic E-state index is 4.27. The number of hydrogen-bond acceptors (Lipinski definition) is 2. The van der Waals surface area contributed by atoms with E-state index >= 15 is 0 Å². The highest BCUT2D eigenvalue weighted by Gasteiger charge is 1.95. The lowest BCUT2D eigenvalue weighted by molar-refractivity contribution is 0.499. The average molecular weight is 167 g/mol. The third kappa shape index (κ3) is 2.95. The molecule has 0 aliphatic carbocycles. The van der Waals surface area contributed by atoms with Gasteiger partial charge in [0.05, 0.1) is 0 Å². The normalized spacial score (nSPS) is 10.5. The van der Waals surface area contributed by atoms with Gasteiger partial charge in [-0.1, -0.05) is 50.1 Å². The van der Waals surface area contributed by atoms with Crippen molar-refractivity contribution in [3.8, 4) is 0 Å². The molecule has 0 fully saturated rings. The molecule has 0 N–H and O–H groups in total. The lowest BCUT2D eigenvalue weighted by atomic mass is 10.2. The summed E-state index contributed by atoms with van der Waals surface area (Å²) in [5.74, 6) is 0. The Balaban J connectivity index is 2.51. The minimum absolute atomic E-state index is 0.917. The summed E-state index contributed by atoms with van der Waals surface area (Å²) in [5.41, 5.74) is 1.31. The van der Waals surface area contributed by atoms with Gasteiger partial charge in [-0.05, 0) is 5.56 Å². The zero-order valence-corrected chi connectivity index (χ0v) is 7.59. The first-order valence-corrected chi connectivity index (χ1v) is 4.20. The number of thiol groups is 1. The largest absolute Gasteiger partial charge is 0.249 e. The summed E-state index contributed by atoms with van der Waals surface area (Å²) in [5, 5.41) is 0. The Kier molecular flexibility index (Phi) is 3.46. The number of benzene rings is 1. The van der Waals surface area contributed by atoms with E-state index in [0.717, 1.165) is 13.1 Å². The van der Waals surface area contributed by atoms with E-state index in [2.05, 4.69) is 31.9 Å². The van der Waals surface area contributed by atoms with E-state index in [1.807, 2.05) is 22.5 Å². The summed E-state index contributed by atoms with van der Waals surface area (Å²) in [6, 6.07) is 10.3. The minimum Gasteiger partial charge on any atom is -0.249 e. The third-order valence-electron chi connectivity index (χ3n) is 1.57. The minimum atomic E-state index is 0.917. The fourth-order valence-corrected chi connectivity index (χ4v) is 1.07. The van der Waals surface area contributed by atoms with E-state index in [1.54, 1.807) is 0 Å². The summed E-state index contributed by atoms with van der Waals surface area (Å²) in [7, 11) is 0. The lowest BCUT2D eigenvalue weighted by Gasteiger charge is -2.11. The average Bonchev–Trinajstić information content (AvgIpc) is 2.06. The van der Waals surface area contributed by atoms with Crippen molar-refractivity contribution in [3.05, 3.63) is 35.9 Å². The molecule has 0 saturated heterocycles. The molecule has 0 bridgehead atoms. The highest BCUT2D eigenvalue weighted by atomic mass is 32.1. The first-order chi connectivity index (χ1) is 5.33. The molecule has 1 aromatic rings. The SMILES string of the molecule is CCN(S)Cc1ccccc1. The Morgan fingerprint density at radius 2 is 1.91 bits per heavy atom. The number of rotatable bonds is 3. The standard InChI is InChI=1S/C9H13NS/c1-2-10(11)8-9-6-4-3-5-7-9/h3-7,11H,2,8H2,1H3. The molecule has 0 radical (unpaired) electrons. The molecule has 2 heteroatoms. The summed E-state index contributed by atoms with van der Waals surface area (Å²) < 4.78 is 1.98. The molecule has 0 heterocycles. The van der Waals surface area contributed by atoms with Crippen molar-refractivity contribution in [2.45, 2.75) is 13.5 Å². The molecule has 0 amide bonds. The first-order valence-electron chi connectivity index (χ1n) is 3.80. The van der Waals surface area contributed by atoms with Crippen LogP contribution in [0.2, 0.25) is 0 Å². The Labute approximate surface area is 73.6 Å². The Morgan fingerprint density at radius 1 is 1.27 bits per heavy atom. The maximum Gasteiger partial charge on any atom is 0.0338 e. The highest BCUT2D eigenvalue weighted by molar-refractivity contribution is 7.77. The Morgan fingerprint density at radius 3 is 2.45 bits per heavy atom. The van der Waals surface area contributed by atoms with E-state index in [4.69, 9.17) is 0 Å². The highest BCUT2D eigenvalue weighted by Crippen LogP contribution is 2.04. The van der Waals surface area contributed by atoms with Crippen LogP contribution in [0.15, 0.2) is 30.3 Å². The van der Waals surface area contributed by atoms with E-state index in [9.17, 15) is 0 Å². The van der Waals surface area contributed by atoms with Crippen molar-refractivity contribution in [3.63, 3.8) is 0 Å². The molecule has 0 aliphatic heterocycles. The van der Waals surface area contributed by atoms with Crippen LogP contribution in [0.1, 0.15) is 12.5 Å². The van der Waals surface area contributed by atoms with Crippen LogP contribution in [0.4, 0.5) is 0 Å². The molecule has 1 aromatic carbocycles. The predicted molar refractivity (Wildman–Crippen MR) is 51.5 cm³/mol. The fourth-order valence-electron chi connectivity index (χ4n) is 0.906. The third-order valence-corrected chi connectivity index (χ3v) is 2.00. The first kappa shape index (κ1) is 8.62. The van der Waals surface area contributed by atoms with E-state index in [0.29, 0.717) is 0 Å². The molecule has 0 saturated carbocycles. The Bertz CT molecular complexity index is 198. The van der Waals surface area contributed by atoms with Gasteiger partial charge in [0.15, 0.2) is 0 Å². The monoisotopic (exact) mass is 167 g/mol. The van der Waals surface area contributed by atoms with Gasteiger partial charge >= 0.3 is 0 Å². The van der Waals surface area contributed by atoms with Gasteiger partial charge in [0.2, 0.25) is 0 Å². The van der Waals surface area contributed by atoms with Crippen LogP contribution in [0.25, 0.3) is 0 Å². The summed E-state index contributed by atoms with van der Waals surface area (Å²) in [6.45, 7) is 3.98. The summed E-state index contributed by atoms with van der Waals surface area (Å²) >= 11 is 4.27. The molecule has 1 rings (SSSR count). The van der Waals surface area contributed by atoms with Crippen LogP contribution in [0.5, 0.6) is 0 Å². The van der Waals surface area contributed by atoms with E-state index in [-0.39, 0.29) is 0 Å². The quantitative estimate of drug-likeness (QED) is 0.676. The molecular formula is C9H13NS. The number of hydrogen-bond donors (Lipinski definition) is 1. The molecule has 0 unspecified atom stereocenters. The lowest BCUT2D eigenvalue weighted by Crippen LogP contribution is -2.10. The second-order valence-electron chi connectivity index (χ2n) is 2.47. The van der Waals surface area contributed by atoms with Crippen LogP contribution in [-0.4, -0.2) is 10.8 Å². The fraction of sp³-hybridized carbons (Fsp3) is 0.333. The second kappa shape index (κ2) is 4.42. The van der Waals surface area contributed by atoms with Crippen molar-refractivity contribution in [1.82, 2.24) is 4.31 Å². The van der Waals surface area contributed by atoms with Crippen LogP contribution in [-0.2, 0) is 6.54 Å². The van der Waals surface area contributed by atoms with Crippen LogP contribution < -0.4 is 0 Å². The van der Waals surface area contributed by atoms with Gasteiger partial charge in [-0.25, -0.2) is 4.31 Å². The van der Waals surface area contributed by atoms with Gasteiger partial charge in [-0.3, -0.25) is 0 Å². The van der Waals surface area contributed by atoms with Gasteiger partial charge in [-0.2, -0.15) is 0 Å². The van der Waals surface area contributed by atoms with Crippen LogP contribution in [0, 0.1) is 0 Å². The molecule has 0 spiro atoms. The molecule has 0 aromatic heterocycles. The smallest absolute Gasteiger partial charge is 0.0338 e. The van der Waals surface area contributed by atoms with Crippen LogP contribution in [0.3, 0.4) is 0 Å². The summed E-state index contributed by atoms with van der Waals surface area (Å²) in [6.07, 6.45) is 0. The van der Waals surface area contributed by atoms with E-state index in [1.165, 1.54) is 5.56 Å². The predicted octanol–water partition coefficient (Wildman–Crippen LogP) is 2.35. The molecule has 11 heavy (non-hydrogen) atoms. The van der Waals surface area contributed by atoms with Crippen molar-refractivity contribution in [1.29, 1.82) is 0 Å². The van der Waals surface area contributed by atoms with Gasteiger partial charge < -0.3 is 0 Å². The summed E-state index contributed by atoms with van der Waals surface area (Å²) in [4.78, 5) is 0. The van der Waals surface area contributed by atoms with Crippen molar-refractivity contribution in [2.24, 2.45) is 0 Å².